The van der Waals surface area contributed by atoms with Gasteiger partial charge in [0.25, 0.3) is 5.69 Å². The summed E-state index contributed by atoms with van der Waals surface area (Å²) in [6.07, 6.45) is 2.58. The van der Waals surface area contributed by atoms with E-state index in [9.17, 15) is 10.1 Å². The normalized spacial score (nSPS) is 14.6. The number of nitro benzene ring substituents is 1. The molecule has 0 heterocycles. The molecule has 19 heavy (non-hydrogen) atoms. The van der Waals surface area contributed by atoms with Gasteiger partial charge in [0.2, 0.25) is 0 Å². The van der Waals surface area contributed by atoms with E-state index in [-0.39, 0.29) is 10.6 Å². The predicted molar refractivity (Wildman–Crippen MR) is 76.0 cm³/mol. The van der Waals surface area contributed by atoms with Crippen molar-refractivity contribution in [2.45, 2.75) is 19.4 Å². The lowest BCUT2D eigenvalue weighted by Crippen LogP contribution is -2.20. The summed E-state index contributed by atoms with van der Waals surface area (Å²) in [6.45, 7) is 2.69. The Hall–Kier alpha value is -0.980. The molecule has 1 N–H and O–H groups in total. The summed E-state index contributed by atoms with van der Waals surface area (Å²) in [7, 11) is 0. The number of ether oxygens (including phenoxy) is 1. The highest BCUT2D eigenvalue weighted by molar-refractivity contribution is 9.10. The van der Waals surface area contributed by atoms with Gasteiger partial charge in [-0.2, -0.15) is 0 Å². The van der Waals surface area contributed by atoms with Crippen molar-refractivity contribution < 1.29 is 9.66 Å². The molecule has 0 atom stereocenters. The van der Waals surface area contributed by atoms with Crippen LogP contribution in [0, 0.1) is 16.0 Å². The average molecular weight is 329 g/mol. The van der Waals surface area contributed by atoms with Crippen molar-refractivity contribution in [2.24, 2.45) is 5.92 Å². The van der Waals surface area contributed by atoms with Crippen LogP contribution >= 0.6 is 15.9 Å². The van der Waals surface area contributed by atoms with Crippen molar-refractivity contribution in [3.63, 3.8) is 0 Å². The smallest absolute Gasteiger partial charge is 0.275 e. The number of hydrogen-bond donors (Lipinski definition) is 1. The predicted octanol–water partition coefficient (Wildman–Crippen LogP) is 2.87. The van der Waals surface area contributed by atoms with Crippen molar-refractivity contribution in [1.29, 1.82) is 0 Å². The van der Waals surface area contributed by atoms with Crippen LogP contribution in [-0.4, -0.2) is 24.7 Å². The molecule has 0 saturated heterocycles. The minimum atomic E-state index is -0.356. The Balaban J connectivity index is 1.73. The number of benzene rings is 1. The lowest BCUT2D eigenvalue weighted by molar-refractivity contribution is -0.385. The Kier molecular flexibility index (Phi) is 5.30. The van der Waals surface area contributed by atoms with Crippen LogP contribution in [0.1, 0.15) is 18.4 Å². The van der Waals surface area contributed by atoms with Gasteiger partial charge < -0.3 is 10.1 Å². The molecule has 1 aromatic carbocycles. The fourth-order valence-electron chi connectivity index (χ4n) is 1.76. The summed E-state index contributed by atoms with van der Waals surface area (Å²) >= 11 is 3.24. The first-order valence-electron chi connectivity index (χ1n) is 6.38. The van der Waals surface area contributed by atoms with E-state index in [1.165, 1.54) is 18.9 Å². The summed E-state index contributed by atoms with van der Waals surface area (Å²) in [4.78, 5) is 10.6. The Bertz CT molecular complexity index is 450. The molecule has 1 aliphatic rings. The van der Waals surface area contributed by atoms with Gasteiger partial charge in [0, 0.05) is 35.8 Å². The molecule has 1 saturated carbocycles. The molecule has 104 valence electrons. The van der Waals surface area contributed by atoms with Crippen LogP contribution in [0.15, 0.2) is 22.7 Å². The Morgan fingerprint density at radius 1 is 1.47 bits per heavy atom. The first-order chi connectivity index (χ1) is 9.16. The summed E-state index contributed by atoms with van der Waals surface area (Å²) in [5, 5.41) is 14.1. The maximum atomic E-state index is 10.9. The summed E-state index contributed by atoms with van der Waals surface area (Å²) < 4.78 is 6.21. The van der Waals surface area contributed by atoms with E-state index < -0.39 is 0 Å². The van der Waals surface area contributed by atoms with Crippen LogP contribution in [0.4, 0.5) is 5.69 Å². The lowest BCUT2D eigenvalue weighted by Gasteiger charge is -2.07. The summed E-state index contributed by atoms with van der Waals surface area (Å²) in [5.74, 6) is 0.771. The molecule has 2 rings (SSSR count). The van der Waals surface area contributed by atoms with Crippen molar-refractivity contribution in [3.05, 3.63) is 38.3 Å². The largest absolute Gasteiger partial charge is 0.380 e. The van der Waals surface area contributed by atoms with Crippen molar-refractivity contribution in [1.82, 2.24) is 5.32 Å². The van der Waals surface area contributed by atoms with E-state index >= 15 is 0 Å². The summed E-state index contributed by atoms with van der Waals surface area (Å²) in [6, 6.07) is 5.11. The van der Waals surface area contributed by atoms with Gasteiger partial charge in [-0.1, -0.05) is 15.9 Å². The minimum absolute atomic E-state index is 0.140. The second-order valence-electron chi connectivity index (χ2n) is 4.73. The molecular formula is C13H17BrN2O3. The quantitative estimate of drug-likeness (QED) is 0.452. The zero-order valence-electron chi connectivity index (χ0n) is 10.6. The standard InChI is InChI=1S/C13H17BrN2O3/c14-12-4-3-11(13(7-12)16(17)18)8-15-5-6-19-9-10-1-2-10/h3-4,7,10,15H,1-2,5-6,8-9H2. The molecule has 1 aliphatic carbocycles. The number of halogens is 1. The molecule has 1 aromatic rings. The molecule has 0 spiro atoms. The SMILES string of the molecule is O=[N+]([O-])c1cc(Br)ccc1CNCCOCC1CC1. The van der Waals surface area contributed by atoms with Crippen LogP contribution in [0.5, 0.6) is 0 Å². The Morgan fingerprint density at radius 2 is 2.26 bits per heavy atom. The van der Waals surface area contributed by atoms with E-state index in [1.807, 2.05) is 6.07 Å². The molecule has 0 aliphatic heterocycles. The third kappa shape index (κ3) is 4.89. The Labute approximate surface area is 120 Å². The molecule has 0 amide bonds. The molecule has 6 heteroatoms. The van der Waals surface area contributed by atoms with Gasteiger partial charge in [-0.15, -0.1) is 0 Å². The first-order valence-corrected chi connectivity index (χ1v) is 7.17. The van der Waals surface area contributed by atoms with Crippen molar-refractivity contribution in [3.8, 4) is 0 Å². The van der Waals surface area contributed by atoms with Crippen LogP contribution in [0.2, 0.25) is 0 Å². The molecule has 0 radical (unpaired) electrons. The number of rotatable bonds is 8. The topological polar surface area (TPSA) is 64.4 Å². The van der Waals surface area contributed by atoms with Crippen LogP contribution in [0.3, 0.4) is 0 Å². The monoisotopic (exact) mass is 328 g/mol. The number of nitro groups is 1. The van der Waals surface area contributed by atoms with E-state index in [4.69, 9.17) is 4.74 Å². The average Bonchev–Trinajstić information content (AvgIpc) is 3.19. The molecule has 5 nitrogen and oxygen atoms in total. The van der Waals surface area contributed by atoms with Crippen LogP contribution in [-0.2, 0) is 11.3 Å². The molecule has 0 unspecified atom stereocenters. The first kappa shape index (κ1) is 14.4. The van der Waals surface area contributed by atoms with Gasteiger partial charge in [-0.25, -0.2) is 0 Å². The number of nitrogens with zero attached hydrogens (tertiary/aromatic N) is 1. The van der Waals surface area contributed by atoms with Gasteiger partial charge in [0.15, 0.2) is 0 Å². The van der Waals surface area contributed by atoms with Gasteiger partial charge >= 0.3 is 0 Å². The highest BCUT2D eigenvalue weighted by atomic mass is 79.9. The van der Waals surface area contributed by atoms with Gasteiger partial charge in [-0.05, 0) is 30.9 Å². The third-order valence-corrected chi connectivity index (χ3v) is 3.53. The van der Waals surface area contributed by atoms with E-state index in [0.29, 0.717) is 25.3 Å². The van der Waals surface area contributed by atoms with Crippen molar-refractivity contribution in [2.75, 3.05) is 19.8 Å². The fourth-order valence-corrected chi connectivity index (χ4v) is 2.11. The maximum Gasteiger partial charge on any atom is 0.275 e. The van der Waals surface area contributed by atoms with Crippen LogP contribution < -0.4 is 5.32 Å². The van der Waals surface area contributed by atoms with E-state index in [1.54, 1.807) is 6.07 Å². The zero-order valence-corrected chi connectivity index (χ0v) is 12.2. The van der Waals surface area contributed by atoms with Crippen LogP contribution in [0.25, 0.3) is 0 Å². The van der Waals surface area contributed by atoms with E-state index in [0.717, 1.165) is 17.0 Å². The molecule has 1 fully saturated rings. The van der Waals surface area contributed by atoms with Gasteiger partial charge in [0.1, 0.15) is 0 Å². The lowest BCUT2D eigenvalue weighted by atomic mass is 10.2. The number of hydrogen-bond acceptors (Lipinski definition) is 4. The second kappa shape index (κ2) is 6.98. The highest BCUT2D eigenvalue weighted by Crippen LogP contribution is 2.28. The minimum Gasteiger partial charge on any atom is -0.380 e. The zero-order chi connectivity index (χ0) is 13.7. The fraction of sp³-hybridized carbons (Fsp3) is 0.538. The highest BCUT2D eigenvalue weighted by Gasteiger charge is 2.20. The van der Waals surface area contributed by atoms with E-state index in [2.05, 4.69) is 21.2 Å². The maximum absolute atomic E-state index is 10.9. The Morgan fingerprint density at radius 3 is 2.95 bits per heavy atom. The summed E-state index contributed by atoms with van der Waals surface area (Å²) in [5.41, 5.74) is 0.830. The molecular weight excluding hydrogens is 312 g/mol. The molecule has 0 aromatic heterocycles. The second-order valence-corrected chi connectivity index (χ2v) is 5.64. The third-order valence-electron chi connectivity index (χ3n) is 3.03. The van der Waals surface area contributed by atoms with Gasteiger partial charge in [0.05, 0.1) is 11.5 Å². The number of nitrogens with one attached hydrogen (secondary N) is 1. The molecule has 0 bridgehead atoms. The van der Waals surface area contributed by atoms with Crippen molar-refractivity contribution >= 4 is 21.6 Å². The van der Waals surface area contributed by atoms with Gasteiger partial charge in [-0.3, -0.25) is 10.1 Å².